The molecule has 4 aromatic rings. The number of carbonyl (C=O) groups excluding carboxylic acids is 2. The van der Waals surface area contributed by atoms with Crippen molar-refractivity contribution in [2.45, 2.75) is 37.4 Å². The maximum absolute atomic E-state index is 12.7. The predicted octanol–water partition coefficient (Wildman–Crippen LogP) is -1.15. The highest BCUT2D eigenvalue weighted by molar-refractivity contribution is 7.85. The Morgan fingerprint density at radius 1 is 1.15 bits per heavy atom. The van der Waals surface area contributed by atoms with Crippen molar-refractivity contribution in [1.29, 1.82) is 0 Å². The highest BCUT2D eigenvalue weighted by Gasteiger charge is 2.45. The molecule has 0 aliphatic carbocycles. The predicted molar refractivity (Wildman–Crippen MR) is 134 cm³/mol. The first-order valence-electron chi connectivity index (χ1n) is 11.8. The molecule has 18 heteroatoms. The van der Waals surface area contributed by atoms with E-state index in [0.29, 0.717) is 16.8 Å². The number of hydrogen-bond acceptors (Lipinski definition) is 14. The molecule has 6 N–H and O–H groups in total. The molecule has 210 valence electrons. The van der Waals surface area contributed by atoms with Crippen LogP contribution < -0.4 is 10.5 Å². The Hall–Kier alpha value is -4.36. The highest BCUT2D eigenvalue weighted by Crippen LogP contribution is 2.32. The summed E-state index contributed by atoms with van der Waals surface area (Å²) in [6, 6.07) is 7.98. The largest absolute Gasteiger partial charge is 0.397 e. The fraction of sp³-hybridized carbons (Fsp3) is 0.318. The number of ketones is 1. The zero-order chi connectivity index (χ0) is 28.4. The third-order valence-electron chi connectivity index (χ3n) is 6.12. The number of benzene rings is 1. The first-order valence-corrected chi connectivity index (χ1v) is 13.2. The van der Waals surface area contributed by atoms with Crippen molar-refractivity contribution in [1.82, 2.24) is 39.9 Å². The number of aromatic amines is 1. The van der Waals surface area contributed by atoms with Gasteiger partial charge in [0.1, 0.15) is 23.8 Å². The van der Waals surface area contributed by atoms with Crippen LogP contribution in [0.15, 0.2) is 42.9 Å². The maximum Gasteiger partial charge on any atom is 0.362 e. The van der Waals surface area contributed by atoms with Crippen molar-refractivity contribution in [3.63, 3.8) is 0 Å². The number of nitrogens with zero attached hydrogens (tertiary/aromatic N) is 6. The normalized spacial score (nSPS) is 21.1. The van der Waals surface area contributed by atoms with Gasteiger partial charge in [-0.05, 0) is 11.3 Å². The fourth-order valence-electron chi connectivity index (χ4n) is 4.17. The van der Waals surface area contributed by atoms with Crippen molar-refractivity contribution in [3.05, 3.63) is 48.4 Å². The number of rotatable bonds is 10. The van der Waals surface area contributed by atoms with Crippen LogP contribution in [0.2, 0.25) is 0 Å². The number of carbonyl (C=O) groups is 2. The molecule has 4 atom stereocenters. The van der Waals surface area contributed by atoms with E-state index in [1.54, 1.807) is 29.0 Å². The highest BCUT2D eigenvalue weighted by atomic mass is 32.2. The van der Waals surface area contributed by atoms with Crippen LogP contribution in [0, 0.1) is 0 Å². The van der Waals surface area contributed by atoms with E-state index in [0.717, 1.165) is 0 Å². The molecule has 0 bridgehead atoms. The number of aliphatic hydroxyl groups excluding tert-OH is 2. The molecule has 1 aromatic carbocycles. The number of nitrogens with one attached hydrogen (secondary N) is 2. The number of amides is 1. The lowest BCUT2D eigenvalue weighted by molar-refractivity contribution is -0.119. The first-order chi connectivity index (χ1) is 19.1. The second-order valence-corrected chi connectivity index (χ2v) is 10.1. The van der Waals surface area contributed by atoms with E-state index >= 15 is 0 Å². The van der Waals surface area contributed by atoms with Gasteiger partial charge in [0.25, 0.3) is 0 Å². The molecule has 0 radical (unpaired) electrons. The topological polar surface area (TPSA) is 250 Å². The quantitative estimate of drug-likeness (QED) is 0.141. The molecule has 0 spiro atoms. The first kappa shape index (κ1) is 27.2. The number of tetrazole rings is 1. The molecule has 17 nitrogen and oxygen atoms in total. The van der Waals surface area contributed by atoms with Crippen LogP contribution in [0.5, 0.6) is 0 Å². The minimum atomic E-state index is -4.64. The number of Topliss-reactive ketones (excluding diaryl/α,β-unsaturated/α-hetero) is 1. The second kappa shape index (κ2) is 11.0. The number of imidazole rings is 1. The number of H-pyrrole nitrogens is 1. The third kappa shape index (κ3) is 5.51. The van der Waals surface area contributed by atoms with Gasteiger partial charge in [-0.1, -0.05) is 24.3 Å². The molecule has 40 heavy (non-hydrogen) atoms. The SMILES string of the molecule is Nc1ccnc2c1ncn2[C@@H]1O[C@H](COS(=O)(=O)NC(=O)CCC(=O)c2ccccc2-c2nn[nH]n2)[C@@H](O)[C@H]1O. The zero-order valence-corrected chi connectivity index (χ0v) is 21.3. The summed E-state index contributed by atoms with van der Waals surface area (Å²) in [5.41, 5.74) is 7.49. The molecule has 1 saturated heterocycles. The fourth-order valence-corrected chi connectivity index (χ4v) is 4.92. The lowest BCUT2D eigenvalue weighted by Crippen LogP contribution is -2.37. The molecule has 5 rings (SSSR count). The number of fused-ring (bicyclic) bond motifs is 1. The summed E-state index contributed by atoms with van der Waals surface area (Å²) in [4.78, 5) is 33.2. The van der Waals surface area contributed by atoms with Crippen molar-refractivity contribution >= 4 is 38.8 Å². The van der Waals surface area contributed by atoms with E-state index in [1.165, 1.54) is 23.2 Å². The average molecular weight is 574 g/mol. The lowest BCUT2D eigenvalue weighted by Gasteiger charge is -2.16. The van der Waals surface area contributed by atoms with Gasteiger partial charge in [0, 0.05) is 30.2 Å². The molecule has 0 unspecified atom stereocenters. The van der Waals surface area contributed by atoms with Crippen LogP contribution in [-0.4, -0.2) is 90.4 Å². The number of nitrogens with two attached hydrogens (primary N) is 1. The Kier molecular flexibility index (Phi) is 7.50. The summed E-state index contributed by atoms with van der Waals surface area (Å²) in [5, 5.41) is 34.3. The number of ether oxygens (including phenoxy) is 1. The molecular weight excluding hydrogens is 550 g/mol. The van der Waals surface area contributed by atoms with Gasteiger partial charge >= 0.3 is 10.3 Å². The van der Waals surface area contributed by atoms with Gasteiger partial charge in [0.2, 0.25) is 11.7 Å². The van der Waals surface area contributed by atoms with E-state index in [2.05, 4.69) is 30.6 Å². The van der Waals surface area contributed by atoms with Gasteiger partial charge in [0.05, 0.1) is 18.6 Å². The Labute approximate surface area is 225 Å². The summed E-state index contributed by atoms with van der Waals surface area (Å²) in [7, 11) is -4.64. The van der Waals surface area contributed by atoms with E-state index in [9.17, 15) is 28.2 Å². The molecule has 4 heterocycles. The molecule has 3 aromatic heterocycles. The van der Waals surface area contributed by atoms with E-state index in [-0.39, 0.29) is 23.5 Å². The number of hydrogen-bond donors (Lipinski definition) is 5. The summed E-state index contributed by atoms with van der Waals surface area (Å²) in [6.07, 6.45) is -3.49. The number of aliphatic hydroxyl groups is 2. The Morgan fingerprint density at radius 3 is 2.73 bits per heavy atom. The Balaban J connectivity index is 1.15. The van der Waals surface area contributed by atoms with Crippen LogP contribution in [0.3, 0.4) is 0 Å². The van der Waals surface area contributed by atoms with Gasteiger partial charge in [0.15, 0.2) is 17.7 Å². The average Bonchev–Trinajstić information content (AvgIpc) is 3.67. The van der Waals surface area contributed by atoms with Crippen LogP contribution in [0.4, 0.5) is 5.69 Å². The monoisotopic (exact) mass is 573 g/mol. The van der Waals surface area contributed by atoms with Crippen LogP contribution in [-0.2, 0) is 24.0 Å². The van der Waals surface area contributed by atoms with Gasteiger partial charge in [-0.3, -0.25) is 18.3 Å². The van der Waals surface area contributed by atoms with Crippen molar-refractivity contribution in [2.24, 2.45) is 0 Å². The maximum atomic E-state index is 12.7. The van der Waals surface area contributed by atoms with Crippen molar-refractivity contribution in [3.8, 4) is 11.4 Å². The van der Waals surface area contributed by atoms with Crippen molar-refractivity contribution in [2.75, 3.05) is 12.3 Å². The smallest absolute Gasteiger partial charge is 0.362 e. The Bertz CT molecular complexity index is 1640. The van der Waals surface area contributed by atoms with Gasteiger partial charge in [-0.2, -0.15) is 13.6 Å². The van der Waals surface area contributed by atoms with Crippen LogP contribution in [0.25, 0.3) is 22.6 Å². The molecule has 1 aliphatic rings. The van der Waals surface area contributed by atoms with Gasteiger partial charge < -0.3 is 20.7 Å². The molecule has 1 aliphatic heterocycles. The number of anilines is 1. The lowest BCUT2D eigenvalue weighted by atomic mass is 10.00. The summed E-state index contributed by atoms with van der Waals surface area (Å²) in [6.45, 7) is -0.726. The van der Waals surface area contributed by atoms with E-state index < -0.39 is 59.6 Å². The molecular formula is C22H23N9O8S. The summed E-state index contributed by atoms with van der Waals surface area (Å²) in [5.74, 6) is -1.25. The zero-order valence-electron chi connectivity index (χ0n) is 20.5. The summed E-state index contributed by atoms with van der Waals surface area (Å²) >= 11 is 0. The number of aromatic nitrogens is 7. The van der Waals surface area contributed by atoms with Gasteiger partial charge in [-0.25, -0.2) is 14.7 Å². The second-order valence-electron chi connectivity index (χ2n) is 8.74. The number of nitrogen functional groups attached to an aromatic ring is 1. The molecule has 1 amide bonds. The van der Waals surface area contributed by atoms with E-state index in [4.69, 9.17) is 14.7 Å². The molecule has 1 fully saturated rings. The van der Waals surface area contributed by atoms with Crippen LogP contribution in [0.1, 0.15) is 29.4 Å². The van der Waals surface area contributed by atoms with Crippen LogP contribution >= 0.6 is 0 Å². The minimum absolute atomic E-state index is 0.190. The minimum Gasteiger partial charge on any atom is -0.397 e. The van der Waals surface area contributed by atoms with Gasteiger partial charge in [-0.15, -0.1) is 10.2 Å². The standard InChI is InChI=1S/C22H23N9O8S/c23-13-7-8-24-21-17(13)25-10-31(21)22-19(35)18(34)15(39-22)9-38-40(36,37)28-16(33)6-5-14(32)11-3-1-2-4-12(11)20-26-29-30-27-20/h1-4,7-8,10,15,18-19,22,34-35H,5-6,9H2,(H2,23,24)(H,28,33)(H,26,27,29,30)/t15-,18-,19-,22-/m1/s1. The Morgan fingerprint density at radius 2 is 1.95 bits per heavy atom. The number of pyridine rings is 1. The van der Waals surface area contributed by atoms with E-state index in [1.807, 2.05) is 0 Å². The van der Waals surface area contributed by atoms with Crippen molar-refractivity contribution < 1.29 is 37.1 Å². The third-order valence-corrected chi connectivity index (χ3v) is 7.05. The molecule has 0 saturated carbocycles. The summed E-state index contributed by atoms with van der Waals surface area (Å²) < 4.78 is 38.1.